The van der Waals surface area contributed by atoms with Crippen LogP contribution in [0, 0.1) is 5.92 Å². The lowest BCUT2D eigenvalue weighted by Crippen LogP contribution is -2.45. The van der Waals surface area contributed by atoms with Gasteiger partial charge >= 0.3 is 0 Å². The van der Waals surface area contributed by atoms with Crippen LogP contribution in [-0.4, -0.2) is 64.1 Å². The van der Waals surface area contributed by atoms with E-state index >= 15 is 0 Å². The van der Waals surface area contributed by atoms with E-state index in [4.69, 9.17) is 9.47 Å². The van der Waals surface area contributed by atoms with Gasteiger partial charge in [0.25, 0.3) is 0 Å². The maximum atomic E-state index is 5.18. The summed E-state index contributed by atoms with van der Waals surface area (Å²) in [5, 5.41) is 3.50. The molecule has 0 bridgehead atoms. The van der Waals surface area contributed by atoms with Crippen LogP contribution in [0.4, 0.5) is 0 Å². The molecule has 18 heavy (non-hydrogen) atoms. The first kappa shape index (κ1) is 17.8. The Bertz CT molecular complexity index is 181. The van der Waals surface area contributed by atoms with Gasteiger partial charge in [0, 0.05) is 39.4 Å². The van der Waals surface area contributed by atoms with Crippen LogP contribution >= 0.6 is 0 Å². The molecule has 0 fully saturated rings. The lowest BCUT2D eigenvalue weighted by molar-refractivity contribution is 0.0748. The van der Waals surface area contributed by atoms with Gasteiger partial charge < -0.3 is 14.8 Å². The summed E-state index contributed by atoms with van der Waals surface area (Å²) in [7, 11) is 3.51. The zero-order valence-corrected chi connectivity index (χ0v) is 13.0. The summed E-state index contributed by atoms with van der Waals surface area (Å²) in [6, 6.07) is 1.08. The molecular weight excluding hydrogens is 228 g/mol. The van der Waals surface area contributed by atoms with Crippen molar-refractivity contribution < 1.29 is 9.47 Å². The van der Waals surface area contributed by atoms with E-state index in [2.05, 4.69) is 37.9 Å². The van der Waals surface area contributed by atoms with Gasteiger partial charge in [-0.1, -0.05) is 20.8 Å². The molecule has 0 aromatic heterocycles. The lowest BCUT2D eigenvalue weighted by Gasteiger charge is -2.33. The lowest BCUT2D eigenvalue weighted by atomic mass is 10.0. The number of hydrogen-bond donors (Lipinski definition) is 1. The monoisotopic (exact) mass is 260 g/mol. The van der Waals surface area contributed by atoms with Crippen LogP contribution < -0.4 is 5.32 Å². The Morgan fingerprint density at radius 2 is 1.44 bits per heavy atom. The largest absolute Gasteiger partial charge is 0.383 e. The van der Waals surface area contributed by atoms with E-state index in [0.717, 1.165) is 32.8 Å². The van der Waals surface area contributed by atoms with Crippen molar-refractivity contribution in [3.05, 3.63) is 0 Å². The molecule has 0 rings (SSSR count). The van der Waals surface area contributed by atoms with E-state index in [-0.39, 0.29) is 0 Å². The van der Waals surface area contributed by atoms with Crippen molar-refractivity contribution in [3.63, 3.8) is 0 Å². The molecule has 0 aromatic rings. The summed E-state index contributed by atoms with van der Waals surface area (Å²) in [5.41, 5.74) is 0. The molecule has 1 N–H and O–H groups in total. The van der Waals surface area contributed by atoms with Gasteiger partial charge in [-0.15, -0.1) is 0 Å². The average Bonchev–Trinajstić information content (AvgIpc) is 2.35. The van der Waals surface area contributed by atoms with E-state index in [1.54, 1.807) is 14.2 Å². The van der Waals surface area contributed by atoms with E-state index in [9.17, 15) is 0 Å². The second-order valence-electron chi connectivity index (χ2n) is 5.30. The Morgan fingerprint density at radius 3 is 1.83 bits per heavy atom. The van der Waals surface area contributed by atoms with E-state index in [1.165, 1.54) is 0 Å². The minimum Gasteiger partial charge on any atom is -0.383 e. The van der Waals surface area contributed by atoms with Crippen LogP contribution in [-0.2, 0) is 9.47 Å². The average molecular weight is 260 g/mol. The molecule has 0 spiro atoms. The van der Waals surface area contributed by atoms with Crippen molar-refractivity contribution in [1.29, 1.82) is 0 Å². The Kier molecular flexibility index (Phi) is 10.6. The van der Waals surface area contributed by atoms with Gasteiger partial charge in [0.05, 0.1) is 13.2 Å². The molecular formula is C14H32N2O2. The number of rotatable bonds is 11. The molecule has 2 unspecified atom stereocenters. The number of methoxy groups -OCH3 is 2. The molecule has 4 heteroatoms. The van der Waals surface area contributed by atoms with Crippen LogP contribution in [0.3, 0.4) is 0 Å². The first-order chi connectivity index (χ1) is 8.52. The molecule has 0 aliphatic heterocycles. The molecule has 0 amide bonds. The first-order valence-corrected chi connectivity index (χ1v) is 6.98. The van der Waals surface area contributed by atoms with Crippen LogP contribution in [0.5, 0.6) is 0 Å². The fourth-order valence-electron chi connectivity index (χ4n) is 1.89. The summed E-state index contributed by atoms with van der Waals surface area (Å²) in [4.78, 5) is 2.44. The SMILES string of the molecule is COCCN(CCOC)C(C)C(C)CNC(C)C. The Labute approximate surface area is 113 Å². The minimum atomic E-state index is 0.529. The zero-order chi connectivity index (χ0) is 14.0. The van der Waals surface area contributed by atoms with Gasteiger partial charge in [0.1, 0.15) is 0 Å². The number of nitrogens with zero attached hydrogens (tertiary/aromatic N) is 1. The van der Waals surface area contributed by atoms with E-state index in [0.29, 0.717) is 18.0 Å². The highest BCUT2D eigenvalue weighted by Crippen LogP contribution is 2.10. The Balaban J connectivity index is 4.18. The smallest absolute Gasteiger partial charge is 0.0589 e. The minimum absolute atomic E-state index is 0.529. The van der Waals surface area contributed by atoms with Crippen molar-refractivity contribution in [2.24, 2.45) is 5.92 Å². The number of ether oxygens (including phenoxy) is 2. The third-order valence-electron chi connectivity index (χ3n) is 3.41. The van der Waals surface area contributed by atoms with Gasteiger partial charge in [0.15, 0.2) is 0 Å². The van der Waals surface area contributed by atoms with E-state index in [1.807, 2.05) is 0 Å². The van der Waals surface area contributed by atoms with Gasteiger partial charge in [-0.05, 0) is 19.4 Å². The molecule has 0 aliphatic carbocycles. The maximum absolute atomic E-state index is 5.18. The summed E-state index contributed by atoms with van der Waals surface area (Å²) in [6.45, 7) is 13.5. The van der Waals surface area contributed by atoms with Gasteiger partial charge in [-0.2, -0.15) is 0 Å². The summed E-state index contributed by atoms with van der Waals surface area (Å²) in [5.74, 6) is 0.612. The molecule has 0 aliphatic rings. The van der Waals surface area contributed by atoms with Crippen molar-refractivity contribution in [1.82, 2.24) is 10.2 Å². The highest BCUT2D eigenvalue weighted by molar-refractivity contribution is 4.75. The standard InChI is InChI=1S/C14H32N2O2/c1-12(2)15-11-13(3)14(4)16(7-9-17-5)8-10-18-6/h12-15H,7-11H2,1-6H3. The molecule has 0 radical (unpaired) electrons. The molecule has 2 atom stereocenters. The first-order valence-electron chi connectivity index (χ1n) is 6.98. The van der Waals surface area contributed by atoms with Gasteiger partial charge in [0.2, 0.25) is 0 Å². The number of nitrogens with one attached hydrogen (secondary N) is 1. The third-order valence-corrected chi connectivity index (χ3v) is 3.41. The molecule has 0 aromatic carbocycles. The summed E-state index contributed by atoms with van der Waals surface area (Å²) >= 11 is 0. The van der Waals surface area contributed by atoms with Crippen molar-refractivity contribution in [3.8, 4) is 0 Å². The van der Waals surface area contributed by atoms with E-state index < -0.39 is 0 Å². The van der Waals surface area contributed by atoms with Crippen molar-refractivity contribution in [2.75, 3.05) is 47.1 Å². The van der Waals surface area contributed by atoms with Crippen LogP contribution in [0.25, 0.3) is 0 Å². The van der Waals surface area contributed by atoms with Crippen LogP contribution in [0.2, 0.25) is 0 Å². The fraction of sp³-hybridized carbons (Fsp3) is 1.00. The third kappa shape index (κ3) is 8.03. The normalized spacial score (nSPS) is 15.3. The molecule has 0 saturated heterocycles. The van der Waals surface area contributed by atoms with Gasteiger partial charge in [-0.3, -0.25) is 4.90 Å². The molecule has 110 valence electrons. The highest BCUT2D eigenvalue weighted by atomic mass is 16.5. The summed E-state index contributed by atoms with van der Waals surface area (Å²) < 4.78 is 10.4. The topological polar surface area (TPSA) is 33.7 Å². The molecule has 4 nitrogen and oxygen atoms in total. The molecule has 0 saturated carbocycles. The second-order valence-corrected chi connectivity index (χ2v) is 5.30. The zero-order valence-electron chi connectivity index (χ0n) is 13.0. The van der Waals surface area contributed by atoms with Crippen LogP contribution in [0.1, 0.15) is 27.7 Å². The fourth-order valence-corrected chi connectivity index (χ4v) is 1.89. The summed E-state index contributed by atoms with van der Waals surface area (Å²) in [6.07, 6.45) is 0. The maximum Gasteiger partial charge on any atom is 0.0589 e. The van der Waals surface area contributed by atoms with Gasteiger partial charge in [-0.25, -0.2) is 0 Å². The Hall–Kier alpha value is -0.160. The number of hydrogen-bond acceptors (Lipinski definition) is 4. The predicted octanol–water partition coefficient (Wildman–Crippen LogP) is 1.60. The van der Waals surface area contributed by atoms with Crippen molar-refractivity contribution in [2.45, 2.75) is 39.8 Å². The quantitative estimate of drug-likeness (QED) is 0.612. The highest BCUT2D eigenvalue weighted by Gasteiger charge is 2.19. The Morgan fingerprint density at radius 1 is 0.944 bits per heavy atom. The molecule has 0 heterocycles. The predicted molar refractivity (Wildman–Crippen MR) is 77.1 cm³/mol. The van der Waals surface area contributed by atoms with Crippen molar-refractivity contribution >= 4 is 0 Å². The van der Waals surface area contributed by atoms with Crippen LogP contribution in [0.15, 0.2) is 0 Å². The second kappa shape index (κ2) is 10.7.